The fourth-order valence-electron chi connectivity index (χ4n) is 1.45. The number of aliphatic hydroxyl groups excluding tert-OH is 1. The molecule has 0 aliphatic heterocycles. The molecule has 2 nitrogen and oxygen atoms in total. The number of aromatic nitrogens is 1. The number of aryl methyl sites for hydroxylation is 1. The first-order valence-corrected chi connectivity index (χ1v) is 5.94. The quantitative estimate of drug-likeness (QED) is 0.911. The summed E-state index contributed by atoms with van der Waals surface area (Å²) in [6, 6.07) is 6.39. The van der Waals surface area contributed by atoms with Crippen molar-refractivity contribution in [2.45, 2.75) is 19.5 Å². The molecular formula is C12H11F2NOS. The minimum absolute atomic E-state index is 0.219. The summed E-state index contributed by atoms with van der Waals surface area (Å²) >= 11 is 1.50. The topological polar surface area (TPSA) is 33.1 Å². The largest absolute Gasteiger partial charge is 0.382 e. The molecule has 2 rings (SSSR count). The van der Waals surface area contributed by atoms with Gasteiger partial charge in [0.15, 0.2) is 0 Å². The summed E-state index contributed by atoms with van der Waals surface area (Å²) in [6.45, 7) is 1.90. The molecule has 0 saturated heterocycles. The van der Waals surface area contributed by atoms with Gasteiger partial charge in [0.25, 0.3) is 6.43 Å². The first kappa shape index (κ1) is 12.1. The second-order valence-corrected chi connectivity index (χ2v) is 4.55. The summed E-state index contributed by atoms with van der Waals surface area (Å²) in [7, 11) is 0. The van der Waals surface area contributed by atoms with Gasteiger partial charge >= 0.3 is 0 Å². The number of halogens is 2. The monoisotopic (exact) mass is 255 g/mol. The Balaban J connectivity index is 2.24. The van der Waals surface area contributed by atoms with Crippen molar-refractivity contribution in [1.82, 2.24) is 4.98 Å². The molecule has 2 aromatic rings. The van der Waals surface area contributed by atoms with Gasteiger partial charge in [0.1, 0.15) is 11.1 Å². The van der Waals surface area contributed by atoms with Gasteiger partial charge in [-0.25, -0.2) is 13.8 Å². The smallest absolute Gasteiger partial charge is 0.268 e. The van der Waals surface area contributed by atoms with E-state index in [1.807, 2.05) is 12.3 Å². The van der Waals surface area contributed by atoms with Crippen LogP contribution in [0.5, 0.6) is 0 Å². The fourth-order valence-corrected chi connectivity index (χ4v) is 2.26. The molecule has 0 fully saturated rings. The van der Waals surface area contributed by atoms with Crippen LogP contribution in [0.25, 0.3) is 10.6 Å². The molecule has 5 heteroatoms. The summed E-state index contributed by atoms with van der Waals surface area (Å²) < 4.78 is 24.6. The standard InChI is InChI=1S/C12H11F2NOS/c1-7-6-17-12(15-7)9-4-2-8(3-5-9)10(16)11(13)14/h2-6,10-11,16H,1H3. The zero-order chi connectivity index (χ0) is 12.4. The third-order valence-electron chi connectivity index (χ3n) is 2.36. The van der Waals surface area contributed by atoms with E-state index in [2.05, 4.69) is 4.98 Å². The first-order chi connectivity index (χ1) is 8.08. The van der Waals surface area contributed by atoms with Crippen molar-refractivity contribution < 1.29 is 13.9 Å². The zero-order valence-electron chi connectivity index (χ0n) is 9.10. The van der Waals surface area contributed by atoms with Crippen molar-refractivity contribution in [3.63, 3.8) is 0 Å². The molecule has 0 spiro atoms. The van der Waals surface area contributed by atoms with Gasteiger partial charge in [-0.2, -0.15) is 0 Å². The van der Waals surface area contributed by atoms with E-state index in [0.717, 1.165) is 16.3 Å². The minimum Gasteiger partial charge on any atom is -0.382 e. The molecule has 1 aromatic carbocycles. The summed E-state index contributed by atoms with van der Waals surface area (Å²) in [6.07, 6.45) is -4.48. The second-order valence-electron chi connectivity index (χ2n) is 3.70. The van der Waals surface area contributed by atoms with Crippen LogP contribution < -0.4 is 0 Å². The number of hydrogen-bond donors (Lipinski definition) is 1. The molecule has 0 aliphatic rings. The predicted octanol–water partition coefficient (Wildman–Crippen LogP) is 3.42. The molecule has 0 amide bonds. The van der Waals surface area contributed by atoms with Crippen LogP contribution in [0, 0.1) is 6.92 Å². The van der Waals surface area contributed by atoms with Crippen LogP contribution in [-0.2, 0) is 0 Å². The van der Waals surface area contributed by atoms with Crippen LogP contribution in [-0.4, -0.2) is 16.5 Å². The van der Waals surface area contributed by atoms with E-state index in [1.54, 1.807) is 12.1 Å². The molecule has 0 aliphatic carbocycles. The Bertz CT molecular complexity index is 495. The number of benzene rings is 1. The average molecular weight is 255 g/mol. The Kier molecular flexibility index (Phi) is 3.49. The highest BCUT2D eigenvalue weighted by atomic mass is 32.1. The molecule has 0 bridgehead atoms. The van der Waals surface area contributed by atoms with Crippen LogP contribution in [0.4, 0.5) is 8.78 Å². The van der Waals surface area contributed by atoms with Crippen molar-refractivity contribution in [3.8, 4) is 10.6 Å². The Labute approximate surface area is 102 Å². The zero-order valence-corrected chi connectivity index (χ0v) is 9.92. The van der Waals surface area contributed by atoms with E-state index >= 15 is 0 Å². The van der Waals surface area contributed by atoms with Gasteiger partial charge in [0, 0.05) is 16.6 Å². The van der Waals surface area contributed by atoms with Gasteiger partial charge in [-0.15, -0.1) is 11.3 Å². The van der Waals surface area contributed by atoms with E-state index in [-0.39, 0.29) is 5.56 Å². The van der Waals surface area contributed by atoms with Crippen molar-refractivity contribution >= 4 is 11.3 Å². The van der Waals surface area contributed by atoms with Gasteiger partial charge in [-0.3, -0.25) is 0 Å². The summed E-state index contributed by atoms with van der Waals surface area (Å²) in [5.74, 6) is 0. The van der Waals surface area contributed by atoms with Crippen LogP contribution in [0.15, 0.2) is 29.6 Å². The molecule has 90 valence electrons. The lowest BCUT2D eigenvalue weighted by Gasteiger charge is -2.09. The highest BCUT2D eigenvalue weighted by Gasteiger charge is 2.18. The molecule has 1 atom stereocenters. The fraction of sp³-hybridized carbons (Fsp3) is 0.250. The molecule has 1 N–H and O–H groups in total. The van der Waals surface area contributed by atoms with E-state index < -0.39 is 12.5 Å². The number of nitrogens with zero attached hydrogens (tertiary/aromatic N) is 1. The van der Waals surface area contributed by atoms with Gasteiger partial charge in [0.2, 0.25) is 0 Å². The molecule has 0 saturated carbocycles. The van der Waals surface area contributed by atoms with Crippen LogP contribution in [0.1, 0.15) is 17.4 Å². The Hall–Kier alpha value is -1.33. The summed E-state index contributed by atoms with van der Waals surface area (Å²) in [5, 5.41) is 12.0. The van der Waals surface area contributed by atoms with Gasteiger partial charge in [0.05, 0.1) is 0 Å². The van der Waals surface area contributed by atoms with Crippen molar-refractivity contribution in [3.05, 3.63) is 40.9 Å². The average Bonchev–Trinajstić information content (AvgIpc) is 2.75. The molecule has 1 aromatic heterocycles. The van der Waals surface area contributed by atoms with Crippen LogP contribution in [0.2, 0.25) is 0 Å². The number of alkyl halides is 2. The lowest BCUT2D eigenvalue weighted by atomic mass is 10.1. The lowest BCUT2D eigenvalue weighted by Crippen LogP contribution is -2.07. The van der Waals surface area contributed by atoms with E-state index in [0.29, 0.717) is 0 Å². The van der Waals surface area contributed by atoms with E-state index in [1.165, 1.54) is 23.5 Å². The van der Waals surface area contributed by atoms with E-state index in [9.17, 15) is 13.9 Å². The third-order valence-corrected chi connectivity index (χ3v) is 3.37. The van der Waals surface area contributed by atoms with Crippen LogP contribution in [0.3, 0.4) is 0 Å². The summed E-state index contributed by atoms with van der Waals surface area (Å²) in [5.41, 5.74) is 2.02. The van der Waals surface area contributed by atoms with Crippen molar-refractivity contribution in [2.75, 3.05) is 0 Å². The first-order valence-electron chi connectivity index (χ1n) is 5.06. The molecule has 0 radical (unpaired) electrons. The van der Waals surface area contributed by atoms with E-state index in [4.69, 9.17) is 0 Å². The normalized spacial score (nSPS) is 13.0. The van der Waals surface area contributed by atoms with Gasteiger partial charge in [-0.05, 0) is 12.5 Å². The molecular weight excluding hydrogens is 244 g/mol. The third kappa shape index (κ3) is 2.68. The molecule has 1 heterocycles. The second kappa shape index (κ2) is 4.89. The number of aliphatic hydroxyl groups is 1. The Morgan fingerprint density at radius 3 is 2.35 bits per heavy atom. The van der Waals surface area contributed by atoms with Crippen molar-refractivity contribution in [2.24, 2.45) is 0 Å². The van der Waals surface area contributed by atoms with Crippen molar-refractivity contribution in [1.29, 1.82) is 0 Å². The predicted molar refractivity (Wildman–Crippen MR) is 63.3 cm³/mol. The molecule has 1 unspecified atom stereocenters. The lowest BCUT2D eigenvalue weighted by molar-refractivity contribution is -0.00577. The van der Waals surface area contributed by atoms with Gasteiger partial charge in [-0.1, -0.05) is 24.3 Å². The van der Waals surface area contributed by atoms with Crippen LogP contribution >= 0.6 is 11.3 Å². The highest BCUT2D eigenvalue weighted by molar-refractivity contribution is 7.13. The maximum absolute atomic E-state index is 12.3. The number of thiazole rings is 1. The maximum Gasteiger partial charge on any atom is 0.268 e. The Morgan fingerprint density at radius 2 is 1.88 bits per heavy atom. The SMILES string of the molecule is Cc1csc(-c2ccc(C(O)C(F)F)cc2)n1. The summed E-state index contributed by atoms with van der Waals surface area (Å²) in [4.78, 5) is 4.30. The number of hydrogen-bond acceptors (Lipinski definition) is 3. The minimum atomic E-state index is -2.76. The Morgan fingerprint density at radius 1 is 1.24 bits per heavy atom. The molecule has 17 heavy (non-hydrogen) atoms. The number of rotatable bonds is 3. The maximum atomic E-state index is 12.3. The van der Waals surface area contributed by atoms with Gasteiger partial charge < -0.3 is 5.11 Å². The highest BCUT2D eigenvalue weighted by Crippen LogP contribution is 2.26.